The average molecular weight is 280 g/mol. The van der Waals surface area contributed by atoms with Gasteiger partial charge < -0.3 is 14.7 Å². The van der Waals surface area contributed by atoms with Crippen LogP contribution in [0.15, 0.2) is 16.8 Å². The predicted molar refractivity (Wildman–Crippen MR) is 72.4 cm³/mol. The molecule has 0 radical (unpaired) electrons. The van der Waals surface area contributed by atoms with Crippen LogP contribution in [0.1, 0.15) is 5.89 Å². The third-order valence-electron chi connectivity index (χ3n) is 3.02. The molecule has 0 atom stereocenters. The molecule has 0 unspecified atom stereocenters. The second-order valence-corrected chi connectivity index (χ2v) is 4.81. The monoisotopic (exact) mass is 279 g/mol. The van der Waals surface area contributed by atoms with Gasteiger partial charge in [0.25, 0.3) is 0 Å². The van der Waals surface area contributed by atoms with Crippen molar-refractivity contribution in [2.24, 2.45) is 0 Å². The number of rotatable bonds is 2. The molecule has 3 rings (SSSR count). The van der Waals surface area contributed by atoms with Crippen LogP contribution in [0.2, 0.25) is 5.02 Å². The van der Waals surface area contributed by atoms with E-state index in [1.165, 1.54) is 0 Å². The Balaban J connectivity index is 1.89. The Morgan fingerprint density at radius 1 is 1.37 bits per heavy atom. The zero-order valence-electron chi connectivity index (χ0n) is 10.6. The summed E-state index contributed by atoms with van der Waals surface area (Å²) in [4.78, 5) is 10.8. The molecule has 2 aromatic heterocycles. The van der Waals surface area contributed by atoms with Crippen molar-refractivity contribution < 1.29 is 4.52 Å². The van der Waals surface area contributed by atoms with Gasteiger partial charge in [0, 0.05) is 44.9 Å². The summed E-state index contributed by atoms with van der Waals surface area (Å²) in [6.45, 7) is 5.47. The highest BCUT2D eigenvalue weighted by molar-refractivity contribution is 6.33. The topological polar surface area (TPSA) is 67.1 Å². The summed E-state index contributed by atoms with van der Waals surface area (Å²) < 4.78 is 4.95. The van der Waals surface area contributed by atoms with E-state index in [0.717, 1.165) is 37.6 Å². The minimum Gasteiger partial charge on any atom is -0.353 e. The maximum atomic E-state index is 6.31. The Morgan fingerprint density at radius 2 is 2.16 bits per heavy atom. The van der Waals surface area contributed by atoms with Gasteiger partial charge in [0.15, 0.2) is 0 Å². The molecule has 0 amide bonds. The number of halogens is 1. The van der Waals surface area contributed by atoms with E-state index in [2.05, 4.69) is 25.3 Å². The van der Waals surface area contributed by atoms with Gasteiger partial charge in [0.1, 0.15) is 5.82 Å². The van der Waals surface area contributed by atoms with Crippen molar-refractivity contribution in [2.75, 3.05) is 31.1 Å². The summed E-state index contributed by atoms with van der Waals surface area (Å²) >= 11 is 6.31. The predicted octanol–water partition coefficient (Wildman–Crippen LogP) is 1.50. The number of piperazine rings is 1. The minimum absolute atomic E-state index is 0.513. The van der Waals surface area contributed by atoms with E-state index in [0.29, 0.717) is 16.7 Å². The maximum Gasteiger partial charge on any atom is 0.223 e. The van der Waals surface area contributed by atoms with Gasteiger partial charge in [0.2, 0.25) is 11.7 Å². The van der Waals surface area contributed by atoms with Crippen molar-refractivity contribution in [3.8, 4) is 11.4 Å². The molecule has 0 saturated carbocycles. The SMILES string of the molecule is Cc1nc(-c2cnc(N3CCNCC3)c(Cl)c2)no1. The molecule has 1 aliphatic rings. The molecule has 3 heterocycles. The largest absolute Gasteiger partial charge is 0.353 e. The molecular formula is C12H14ClN5O. The van der Waals surface area contributed by atoms with Crippen LogP contribution in [-0.4, -0.2) is 41.3 Å². The smallest absolute Gasteiger partial charge is 0.223 e. The van der Waals surface area contributed by atoms with Crippen molar-refractivity contribution in [1.29, 1.82) is 0 Å². The number of nitrogens with zero attached hydrogens (tertiary/aromatic N) is 4. The fourth-order valence-electron chi connectivity index (χ4n) is 2.08. The molecule has 7 heteroatoms. The molecule has 0 spiro atoms. The number of aromatic nitrogens is 3. The first-order valence-corrected chi connectivity index (χ1v) is 6.54. The van der Waals surface area contributed by atoms with E-state index in [4.69, 9.17) is 16.1 Å². The molecule has 1 saturated heterocycles. The third kappa shape index (κ3) is 2.54. The first-order chi connectivity index (χ1) is 9.24. The van der Waals surface area contributed by atoms with Crippen LogP contribution < -0.4 is 10.2 Å². The lowest BCUT2D eigenvalue weighted by molar-refractivity contribution is 0.394. The summed E-state index contributed by atoms with van der Waals surface area (Å²) in [5, 5.41) is 7.77. The fourth-order valence-corrected chi connectivity index (χ4v) is 2.36. The lowest BCUT2D eigenvalue weighted by Gasteiger charge is -2.29. The van der Waals surface area contributed by atoms with E-state index < -0.39 is 0 Å². The van der Waals surface area contributed by atoms with Crippen LogP contribution in [0.25, 0.3) is 11.4 Å². The molecule has 0 aromatic carbocycles. The number of aryl methyl sites for hydroxylation is 1. The second-order valence-electron chi connectivity index (χ2n) is 4.40. The molecule has 6 nitrogen and oxygen atoms in total. The molecule has 2 aromatic rings. The molecule has 0 aliphatic carbocycles. The van der Waals surface area contributed by atoms with E-state index >= 15 is 0 Å². The van der Waals surface area contributed by atoms with Crippen molar-refractivity contribution >= 4 is 17.4 Å². The standard InChI is InChI=1S/C12H14ClN5O/c1-8-16-11(17-19-8)9-6-10(13)12(15-7-9)18-4-2-14-3-5-18/h6-7,14H,2-5H2,1H3. The second kappa shape index (κ2) is 5.14. The molecule has 1 aliphatic heterocycles. The van der Waals surface area contributed by atoms with E-state index in [1.807, 2.05) is 6.07 Å². The number of anilines is 1. The Labute approximate surface area is 115 Å². The van der Waals surface area contributed by atoms with Crippen LogP contribution in [0, 0.1) is 6.92 Å². The third-order valence-corrected chi connectivity index (χ3v) is 3.30. The maximum absolute atomic E-state index is 6.31. The van der Waals surface area contributed by atoms with Crippen LogP contribution in [0.5, 0.6) is 0 Å². The van der Waals surface area contributed by atoms with Crippen LogP contribution >= 0.6 is 11.6 Å². The van der Waals surface area contributed by atoms with Gasteiger partial charge in [0.05, 0.1) is 5.02 Å². The summed E-state index contributed by atoms with van der Waals surface area (Å²) in [5.74, 6) is 1.85. The van der Waals surface area contributed by atoms with E-state index in [9.17, 15) is 0 Å². The molecule has 100 valence electrons. The first kappa shape index (κ1) is 12.4. The van der Waals surface area contributed by atoms with Gasteiger partial charge in [-0.05, 0) is 6.07 Å². The Hall–Kier alpha value is -1.66. The number of nitrogens with one attached hydrogen (secondary N) is 1. The van der Waals surface area contributed by atoms with Gasteiger partial charge in [-0.25, -0.2) is 4.98 Å². The van der Waals surface area contributed by atoms with Crippen LogP contribution in [-0.2, 0) is 0 Å². The summed E-state index contributed by atoms with van der Waals surface area (Å²) in [6.07, 6.45) is 1.73. The van der Waals surface area contributed by atoms with E-state index in [-0.39, 0.29) is 0 Å². The number of hydrogen-bond acceptors (Lipinski definition) is 6. The summed E-state index contributed by atoms with van der Waals surface area (Å²) in [5.41, 5.74) is 0.765. The highest BCUT2D eigenvalue weighted by atomic mass is 35.5. The zero-order chi connectivity index (χ0) is 13.2. The zero-order valence-corrected chi connectivity index (χ0v) is 11.3. The van der Waals surface area contributed by atoms with Crippen LogP contribution in [0.4, 0.5) is 5.82 Å². The Kier molecular flexibility index (Phi) is 3.35. The van der Waals surface area contributed by atoms with Gasteiger partial charge in [-0.15, -0.1) is 0 Å². The number of pyridine rings is 1. The molecular weight excluding hydrogens is 266 g/mol. The quantitative estimate of drug-likeness (QED) is 0.899. The lowest BCUT2D eigenvalue weighted by atomic mass is 10.2. The minimum atomic E-state index is 0.513. The van der Waals surface area contributed by atoms with Crippen LogP contribution in [0.3, 0.4) is 0 Å². The highest BCUT2D eigenvalue weighted by Gasteiger charge is 2.16. The normalized spacial score (nSPS) is 15.8. The molecule has 19 heavy (non-hydrogen) atoms. The molecule has 1 fully saturated rings. The summed E-state index contributed by atoms with van der Waals surface area (Å²) in [7, 11) is 0. The van der Waals surface area contributed by atoms with Gasteiger partial charge in [-0.3, -0.25) is 0 Å². The van der Waals surface area contributed by atoms with Gasteiger partial charge >= 0.3 is 0 Å². The van der Waals surface area contributed by atoms with E-state index in [1.54, 1.807) is 13.1 Å². The Bertz CT molecular complexity index is 579. The van der Waals surface area contributed by atoms with Crippen molar-refractivity contribution in [2.45, 2.75) is 6.92 Å². The summed E-state index contributed by atoms with van der Waals surface area (Å²) in [6, 6.07) is 1.83. The Morgan fingerprint density at radius 3 is 2.79 bits per heavy atom. The van der Waals surface area contributed by atoms with Gasteiger partial charge in [-0.2, -0.15) is 4.98 Å². The average Bonchev–Trinajstić information content (AvgIpc) is 2.86. The lowest BCUT2D eigenvalue weighted by Crippen LogP contribution is -2.44. The van der Waals surface area contributed by atoms with Crippen molar-refractivity contribution in [3.05, 3.63) is 23.2 Å². The van der Waals surface area contributed by atoms with Crippen molar-refractivity contribution in [1.82, 2.24) is 20.4 Å². The highest BCUT2D eigenvalue weighted by Crippen LogP contribution is 2.27. The molecule has 0 bridgehead atoms. The first-order valence-electron chi connectivity index (χ1n) is 6.16. The van der Waals surface area contributed by atoms with Crippen molar-refractivity contribution in [3.63, 3.8) is 0 Å². The number of hydrogen-bond donors (Lipinski definition) is 1. The molecule has 1 N–H and O–H groups in total. The fraction of sp³-hybridized carbons (Fsp3) is 0.417. The van der Waals surface area contributed by atoms with Gasteiger partial charge in [-0.1, -0.05) is 16.8 Å².